The molecule has 396 valence electrons. The summed E-state index contributed by atoms with van der Waals surface area (Å²) in [5.41, 5.74) is 0. The van der Waals surface area contributed by atoms with Gasteiger partial charge in [0.15, 0.2) is 6.29 Å². The number of aliphatic hydroxyl groups is 6. The van der Waals surface area contributed by atoms with Crippen LogP contribution in [0, 0.1) is 0 Å². The van der Waals surface area contributed by atoms with E-state index in [2.05, 4.69) is 31.3 Å². The molecule has 0 radical (unpaired) electrons. The zero-order chi connectivity index (χ0) is 48.8. The maximum Gasteiger partial charge on any atom is 0.249 e. The number of allylic oxidation sites excluding steroid dienone is 3. The molecule has 8 atom stereocenters. The third kappa shape index (κ3) is 36.2. The number of unbranched alkanes of at least 4 members (excludes halogenated alkanes) is 36. The first-order chi connectivity index (χ1) is 32.8. The van der Waals surface area contributed by atoms with Crippen LogP contribution < -0.4 is 5.32 Å². The molecule has 0 saturated carbocycles. The number of nitrogens with one attached hydrogen (secondary N) is 1. The summed E-state index contributed by atoms with van der Waals surface area (Å²) >= 11 is 0. The van der Waals surface area contributed by atoms with Crippen LogP contribution >= 0.6 is 0 Å². The van der Waals surface area contributed by atoms with E-state index < -0.39 is 61.5 Å². The number of amides is 1. The van der Waals surface area contributed by atoms with E-state index in [9.17, 15) is 35.4 Å². The lowest BCUT2D eigenvalue weighted by Gasteiger charge is -2.40. The van der Waals surface area contributed by atoms with E-state index in [1.165, 1.54) is 205 Å². The van der Waals surface area contributed by atoms with E-state index >= 15 is 0 Å². The van der Waals surface area contributed by atoms with Gasteiger partial charge in [-0.3, -0.25) is 4.79 Å². The van der Waals surface area contributed by atoms with Gasteiger partial charge >= 0.3 is 0 Å². The van der Waals surface area contributed by atoms with Crippen molar-refractivity contribution in [1.82, 2.24) is 5.32 Å². The summed E-state index contributed by atoms with van der Waals surface area (Å²) in [6.07, 6.45) is 48.6. The van der Waals surface area contributed by atoms with Gasteiger partial charge in [-0.15, -0.1) is 0 Å². The summed E-state index contributed by atoms with van der Waals surface area (Å²) in [5, 5.41) is 64.9. The Hall–Kier alpha value is -1.37. The second-order valence-electron chi connectivity index (χ2n) is 20.2. The predicted molar refractivity (Wildman–Crippen MR) is 278 cm³/mol. The van der Waals surface area contributed by atoms with Gasteiger partial charge in [-0.25, -0.2) is 0 Å². The lowest BCUT2D eigenvalue weighted by molar-refractivity contribution is -0.302. The van der Waals surface area contributed by atoms with Crippen LogP contribution in [0.25, 0.3) is 0 Å². The van der Waals surface area contributed by atoms with E-state index in [0.717, 1.165) is 44.9 Å². The molecule has 10 heteroatoms. The summed E-state index contributed by atoms with van der Waals surface area (Å²) < 4.78 is 11.2. The van der Waals surface area contributed by atoms with Crippen LogP contribution in [0.2, 0.25) is 0 Å². The van der Waals surface area contributed by atoms with Crippen molar-refractivity contribution in [1.29, 1.82) is 0 Å². The average molecular weight is 952 g/mol. The van der Waals surface area contributed by atoms with E-state index in [0.29, 0.717) is 6.42 Å². The minimum absolute atomic E-state index is 0.303. The normalized spacial score (nSPS) is 20.3. The van der Waals surface area contributed by atoms with Crippen LogP contribution in [0.5, 0.6) is 0 Å². The van der Waals surface area contributed by atoms with Crippen molar-refractivity contribution < 1.29 is 44.9 Å². The lowest BCUT2D eigenvalue weighted by Crippen LogP contribution is -2.60. The van der Waals surface area contributed by atoms with Crippen molar-refractivity contribution >= 4 is 5.91 Å². The number of hydrogen-bond donors (Lipinski definition) is 7. The molecule has 67 heavy (non-hydrogen) atoms. The number of hydrogen-bond acceptors (Lipinski definition) is 9. The Morgan fingerprint density at radius 2 is 0.866 bits per heavy atom. The van der Waals surface area contributed by atoms with Crippen molar-refractivity contribution in [3.8, 4) is 0 Å². The molecule has 8 unspecified atom stereocenters. The van der Waals surface area contributed by atoms with Crippen molar-refractivity contribution in [3.05, 3.63) is 24.3 Å². The number of rotatable bonds is 49. The molecule has 7 N–H and O–H groups in total. The molecule has 0 aromatic heterocycles. The van der Waals surface area contributed by atoms with Gasteiger partial charge < -0.3 is 45.4 Å². The van der Waals surface area contributed by atoms with Gasteiger partial charge in [0, 0.05) is 0 Å². The van der Waals surface area contributed by atoms with Crippen molar-refractivity contribution in [2.75, 3.05) is 13.2 Å². The molecule has 1 aliphatic rings. The van der Waals surface area contributed by atoms with Crippen LogP contribution in [-0.2, 0) is 14.3 Å². The fraction of sp³-hybridized carbons (Fsp3) is 0.912. The van der Waals surface area contributed by atoms with Gasteiger partial charge in [0.05, 0.1) is 25.4 Å². The Morgan fingerprint density at radius 3 is 1.25 bits per heavy atom. The molecule has 10 nitrogen and oxygen atoms in total. The zero-order valence-corrected chi connectivity index (χ0v) is 43.5. The molecule has 1 heterocycles. The molecule has 1 amide bonds. The molecule has 0 aromatic rings. The van der Waals surface area contributed by atoms with E-state index in [1.54, 1.807) is 6.08 Å². The van der Waals surface area contributed by atoms with E-state index in [1.807, 2.05) is 6.08 Å². The SMILES string of the molecule is CCCCCCCCCCCCC/C=C/C(O)C(COC1OC(CO)C(O)C(O)C1O)NC(=O)C(O)CCCCCCCCCCCCCCC/C=C\CCCCCCCCCCCCCC. The van der Waals surface area contributed by atoms with Crippen molar-refractivity contribution in [3.63, 3.8) is 0 Å². The highest BCUT2D eigenvalue weighted by Gasteiger charge is 2.44. The Bertz CT molecular complexity index is 1120. The summed E-state index contributed by atoms with van der Waals surface area (Å²) in [6.45, 7) is 3.63. The first kappa shape index (κ1) is 63.6. The lowest BCUT2D eigenvalue weighted by atomic mass is 9.99. The fourth-order valence-corrected chi connectivity index (χ4v) is 9.22. The van der Waals surface area contributed by atoms with Crippen LogP contribution in [0.4, 0.5) is 0 Å². The van der Waals surface area contributed by atoms with Gasteiger partial charge in [-0.2, -0.15) is 0 Å². The second-order valence-corrected chi connectivity index (χ2v) is 20.2. The predicted octanol–water partition coefficient (Wildman–Crippen LogP) is 12.8. The smallest absolute Gasteiger partial charge is 0.249 e. The largest absolute Gasteiger partial charge is 0.394 e. The number of carbonyl (C=O) groups excluding carboxylic acids is 1. The standard InChI is InChI=1S/C57H109NO9/c1-3-5-7-9-11-13-15-17-18-19-20-21-22-23-24-25-26-27-28-29-30-31-32-34-36-38-40-42-44-46-51(61)56(65)58-49(48-66-57-55(64)54(63)53(62)52(47-59)67-57)50(60)45-43-41-39-37-35-33-16-14-12-10-8-6-4-2/h23-24,43,45,49-55,57,59-64H,3-22,25-42,44,46-48H2,1-2H3,(H,58,65)/b24-23-,45-43+. The third-order valence-electron chi connectivity index (χ3n) is 13.9. The summed E-state index contributed by atoms with van der Waals surface area (Å²) in [5.74, 6) is -0.614. The maximum atomic E-state index is 13.1. The summed E-state index contributed by atoms with van der Waals surface area (Å²) in [7, 11) is 0. The molecule has 0 aromatic carbocycles. The van der Waals surface area contributed by atoms with E-state index in [-0.39, 0.29) is 6.61 Å². The number of carbonyl (C=O) groups is 1. The van der Waals surface area contributed by atoms with Crippen LogP contribution in [0.1, 0.15) is 271 Å². The van der Waals surface area contributed by atoms with Gasteiger partial charge in [0.1, 0.15) is 30.5 Å². The molecule has 0 spiro atoms. The zero-order valence-electron chi connectivity index (χ0n) is 43.5. The Labute approximate surface area is 411 Å². The van der Waals surface area contributed by atoms with Crippen LogP contribution in [0.15, 0.2) is 24.3 Å². The highest BCUT2D eigenvalue weighted by atomic mass is 16.7. The summed E-state index contributed by atoms with van der Waals surface area (Å²) in [4.78, 5) is 13.1. The van der Waals surface area contributed by atoms with Crippen molar-refractivity contribution in [2.24, 2.45) is 0 Å². The molecule has 0 bridgehead atoms. The van der Waals surface area contributed by atoms with Crippen molar-refractivity contribution in [2.45, 2.75) is 320 Å². The fourth-order valence-electron chi connectivity index (χ4n) is 9.22. The topological polar surface area (TPSA) is 169 Å². The number of ether oxygens (including phenoxy) is 2. The first-order valence-electron chi connectivity index (χ1n) is 28.7. The van der Waals surface area contributed by atoms with Crippen LogP contribution in [-0.4, -0.2) is 98.7 Å². The minimum atomic E-state index is -1.61. The average Bonchev–Trinajstić information content (AvgIpc) is 3.33. The Morgan fingerprint density at radius 1 is 0.507 bits per heavy atom. The second kappa shape index (κ2) is 47.0. The maximum absolute atomic E-state index is 13.1. The third-order valence-corrected chi connectivity index (χ3v) is 13.9. The molecule has 1 fully saturated rings. The van der Waals surface area contributed by atoms with Gasteiger partial charge in [0.2, 0.25) is 5.91 Å². The van der Waals surface area contributed by atoms with Gasteiger partial charge in [-0.05, 0) is 44.9 Å². The minimum Gasteiger partial charge on any atom is -0.394 e. The van der Waals surface area contributed by atoms with E-state index in [4.69, 9.17) is 9.47 Å². The summed E-state index contributed by atoms with van der Waals surface area (Å²) in [6, 6.07) is -0.978. The molecule has 0 aliphatic carbocycles. The Kier molecular flexibility index (Phi) is 44.6. The number of aliphatic hydroxyl groups excluding tert-OH is 6. The monoisotopic (exact) mass is 952 g/mol. The molecule has 1 saturated heterocycles. The molecule has 1 rings (SSSR count). The van der Waals surface area contributed by atoms with Gasteiger partial charge in [0.25, 0.3) is 0 Å². The first-order valence-corrected chi connectivity index (χ1v) is 28.7. The molecular formula is C57H109NO9. The van der Waals surface area contributed by atoms with Gasteiger partial charge in [-0.1, -0.05) is 250 Å². The van der Waals surface area contributed by atoms with Crippen LogP contribution in [0.3, 0.4) is 0 Å². The highest BCUT2D eigenvalue weighted by molar-refractivity contribution is 5.80. The Balaban J connectivity index is 2.19. The molecule has 1 aliphatic heterocycles. The quantitative estimate of drug-likeness (QED) is 0.0232. The highest BCUT2D eigenvalue weighted by Crippen LogP contribution is 2.23. The molecular weight excluding hydrogens is 843 g/mol.